The topological polar surface area (TPSA) is 74.7 Å². The molecule has 3 heterocycles. The van der Waals surface area contributed by atoms with E-state index in [4.69, 9.17) is 0 Å². The van der Waals surface area contributed by atoms with E-state index in [1.165, 1.54) is 5.56 Å². The number of rotatable bonds is 5. The molecule has 3 aromatic heterocycles. The number of pyridine rings is 1. The Morgan fingerprint density at radius 1 is 1.10 bits per heavy atom. The van der Waals surface area contributed by atoms with Crippen molar-refractivity contribution < 1.29 is 4.79 Å². The van der Waals surface area contributed by atoms with Gasteiger partial charge >= 0.3 is 0 Å². The number of nitrogens with one attached hydrogen (secondary N) is 3. The number of hydrogen-bond acceptors (Lipinski definition) is 3. The van der Waals surface area contributed by atoms with E-state index < -0.39 is 0 Å². The average Bonchev–Trinajstić information content (AvgIpc) is 3.36. The lowest BCUT2D eigenvalue weighted by Gasteiger charge is -2.07. The molecule has 0 saturated carbocycles. The van der Waals surface area contributed by atoms with Gasteiger partial charge in [-0.1, -0.05) is 18.2 Å². The Kier molecular flexibility index (Phi) is 4.76. The first-order valence-corrected chi connectivity index (χ1v) is 10.2. The van der Waals surface area contributed by atoms with Gasteiger partial charge in [0.2, 0.25) is 0 Å². The van der Waals surface area contributed by atoms with Crippen molar-refractivity contribution in [3.63, 3.8) is 0 Å². The Labute approximate surface area is 179 Å². The summed E-state index contributed by atoms with van der Waals surface area (Å²) in [5.74, 6) is -0.124. The van der Waals surface area contributed by atoms with Crippen LogP contribution in [0.15, 0.2) is 73.1 Å². The van der Waals surface area contributed by atoms with E-state index in [1.807, 2.05) is 73.3 Å². The average molecular weight is 409 g/mol. The molecule has 0 aliphatic carbocycles. The second kappa shape index (κ2) is 7.74. The first-order chi connectivity index (χ1) is 15.1. The monoisotopic (exact) mass is 409 g/mol. The molecule has 0 radical (unpaired) electrons. The van der Waals surface area contributed by atoms with E-state index >= 15 is 0 Å². The lowest BCUT2D eigenvalue weighted by Crippen LogP contribution is -2.12. The highest BCUT2D eigenvalue weighted by Gasteiger charge is 2.14. The molecule has 5 aromatic rings. The van der Waals surface area contributed by atoms with Gasteiger partial charge in [-0.2, -0.15) is 0 Å². The number of nitrogens with zero attached hydrogens (tertiary/aromatic N) is 2. The normalized spacial score (nSPS) is 11.3. The molecular weight excluding hydrogens is 386 g/mol. The van der Waals surface area contributed by atoms with Crippen molar-refractivity contribution >= 4 is 33.5 Å². The van der Waals surface area contributed by atoms with Gasteiger partial charge in [0.15, 0.2) is 0 Å². The van der Waals surface area contributed by atoms with Gasteiger partial charge < -0.3 is 20.2 Å². The second-order valence-electron chi connectivity index (χ2n) is 7.69. The molecule has 0 bridgehead atoms. The summed E-state index contributed by atoms with van der Waals surface area (Å²) in [7, 11) is 3.91. The summed E-state index contributed by atoms with van der Waals surface area (Å²) in [4.78, 5) is 20.6. The van der Waals surface area contributed by atoms with E-state index in [9.17, 15) is 4.79 Å². The molecule has 6 nitrogen and oxygen atoms in total. The van der Waals surface area contributed by atoms with Crippen molar-refractivity contribution in [2.24, 2.45) is 7.05 Å². The Morgan fingerprint density at radius 2 is 1.94 bits per heavy atom. The molecule has 2 aromatic carbocycles. The zero-order valence-electron chi connectivity index (χ0n) is 17.4. The molecule has 0 aliphatic heterocycles. The summed E-state index contributed by atoms with van der Waals surface area (Å²) in [5, 5.41) is 8.26. The quantitative estimate of drug-likeness (QED) is 0.394. The summed E-state index contributed by atoms with van der Waals surface area (Å²) >= 11 is 0. The SMILES string of the molecule is CNCc1ccc(NC(=O)c2ccc3c(-c4cc5cccnc5[nH]4)cn(C)c3c2)cc1. The van der Waals surface area contributed by atoms with Crippen LogP contribution in [0.1, 0.15) is 15.9 Å². The molecule has 1 amide bonds. The van der Waals surface area contributed by atoms with Crippen molar-refractivity contribution in [2.75, 3.05) is 12.4 Å². The number of benzene rings is 2. The van der Waals surface area contributed by atoms with Crippen molar-refractivity contribution in [1.29, 1.82) is 0 Å². The summed E-state index contributed by atoms with van der Waals surface area (Å²) in [6.45, 7) is 0.799. The third-order valence-corrected chi connectivity index (χ3v) is 5.53. The summed E-state index contributed by atoms with van der Waals surface area (Å²) in [6.07, 6.45) is 3.86. The fourth-order valence-corrected chi connectivity index (χ4v) is 3.96. The highest BCUT2D eigenvalue weighted by atomic mass is 16.1. The van der Waals surface area contributed by atoms with Crippen molar-refractivity contribution in [3.8, 4) is 11.3 Å². The van der Waals surface area contributed by atoms with Gasteiger partial charge in [0.25, 0.3) is 5.91 Å². The predicted octanol–water partition coefficient (Wildman–Crippen LogP) is 4.69. The van der Waals surface area contributed by atoms with Crippen LogP contribution in [-0.4, -0.2) is 27.5 Å². The molecule has 0 spiro atoms. The van der Waals surface area contributed by atoms with E-state index in [1.54, 1.807) is 6.20 Å². The summed E-state index contributed by atoms with van der Waals surface area (Å²) in [5.41, 5.74) is 6.54. The number of hydrogen-bond donors (Lipinski definition) is 3. The molecular formula is C25H23N5O. The number of carbonyl (C=O) groups excluding carboxylic acids is 1. The number of carbonyl (C=O) groups is 1. The smallest absolute Gasteiger partial charge is 0.255 e. The molecule has 0 aliphatic rings. The van der Waals surface area contributed by atoms with Gasteiger partial charge in [-0.15, -0.1) is 0 Å². The van der Waals surface area contributed by atoms with Gasteiger partial charge in [-0.3, -0.25) is 4.79 Å². The van der Waals surface area contributed by atoms with Gasteiger partial charge in [0, 0.05) is 64.8 Å². The maximum Gasteiger partial charge on any atom is 0.255 e. The minimum absolute atomic E-state index is 0.124. The fraction of sp³-hybridized carbons (Fsp3) is 0.120. The van der Waals surface area contributed by atoms with Gasteiger partial charge in [0.05, 0.1) is 0 Å². The summed E-state index contributed by atoms with van der Waals surface area (Å²) < 4.78 is 2.05. The Bertz CT molecular complexity index is 1360. The first kappa shape index (κ1) is 19.1. The Hall–Kier alpha value is -3.90. The van der Waals surface area contributed by atoms with E-state index in [-0.39, 0.29) is 5.91 Å². The van der Waals surface area contributed by atoms with Crippen molar-refractivity contribution in [3.05, 3.63) is 84.2 Å². The fourth-order valence-electron chi connectivity index (χ4n) is 3.96. The molecule has 31 heavy (non-hydrogen) atoms. The van der Waals surface area contributed by atoms with Gasteiger partial charge in [-0.05, 0) is 55.1 Å². The molecule has 0 unspecified atom stereocenters. The number of fused-ring (bicyclic) bond motifs is 2. The van der Waals surface area contributed by atoms with E-state index in [2.05, 4.69) is 32.9 Å². The third-order valence-electron chi connectivity index (χ3n) is 5.53. The van der Waals surface area contributed by atoms with Crippen LogP contribution >= 0.6 is 0 Å². The highest BCUT2D eigenvalue weighted by molar-refractivity contribution is 6.07. The van der Waals surface area contributed by atoms with Gasteiger partial charge in [0.1, 0.15) is 5.65 Å². The number of aromatic amines is 1. The lowest BCUT2D eigenvalue weighted by atomic mass is 10.1. The van der Waals surface area contributed by atoms with Crippen molar-refractivity contribution in [2.45, 2.75) is 6.54 Å². The maximum absolute atomic E-state index is 12.8. The minimum Gasteiger partial charge on any atom is -0.350 e. The van der Waals surface area contributed by atoms with Crippen LogP contribution in [0.4, 0.5) is 5.69 Å². The lowest BCUT2D eigenvalue weighted by molar-refractivity contribution is 0.102. The van der Waals surface area contributed by atoms with Crippen molar-refractivity contribution in [1.82, 2.24) is 19.9 Å². The number of H-pyrrole nitrogens is 1. The first-order valence-electron chi connectivity index (χ1n) is 10.2. The summed E-state index contributed by atoms with van der Waals surface area (Å²) in [6, 6.07) is 19.8. The zero-order chi connectivity index (χ0) is 21.4. The van der Waals surface area contributed by atoms with Crippen LogP contribution in [-0.2, 0) is 13.6 Å². The number of aryl methyl sites for hydroxylation is 1. The Morgan fingerprint density at radius 3 is 2.71 bits per heavy atom. The van der Waals surface area contributed by atoms with E-state index in [0.717, 1.165) is 45.4 Å². The predicted molar refractivity (Wildman–Crippen MR) is 125 cm³/mol. The molecule has 0 fully saturated rings. The standard InChI is InChI=1S/C25H23N5O/c1-26-14-16-5-8-19(9-6-16)28-25(31)18-7-10-20-21(15-30(2)23(20)13-18)22-12-17-4-3-11-27-24(17)29-22/h3-13,15,26H,14H2,1-2H3,(H,27,29)(H,28,31). The molecule has 3 N–H and O–H groups in total. The van der Waals surface area contributed by atoms with E-state index in [0.29, 0.717) is 5.56 Å². The van der Waals surface area contributed by atoms with Crippen LogP contribution in [0.3, 0.4) is 0 Å². The molecule has 5 rings (SSSR count). The number of aromatic nitrogens is 3. The zero-order valence-corrected chi connectivity index (χ0v) is 17.4. The number of anilines is 1. The second-order valence-corrected chi connectivity index (χ2v) is 7.69. The van der Waals surface area contributed by atoms with Crippen LogP contribution in [0.25, 0.3) is 33.2 Å². The maximum atomic E-state index is 12.8. The minimum atomic E-state index is -0.124. The van der Waals surface area contributed by atoms with Crippen LogP contribution in [0.5, 0.6) is 0 Å². The molecule has 0 atom stereocenters. The highest BCUT2D eigenvalue weighted by Crippen LogP contribution is 2.32. The van der Waals surface area contributed by atoms with Crippen LogP contribution in [0, 0.1) is 0 Å². The van der Waals surface area contributed by atoms with Gasteiger partial charge in [-0.25, -0.2) is 4.98 Å². The number of amides is 1. The third kappa shape index (κ3) is 3.58. The van der Waals surface area contributed by atoms with Crippen LogP contribution < -0.4 is 10.6 Å². The largest absolute Gasteiger partial charge is 0.350 e. The Balaban J connectivity index is 1.45. The molecule has 154 valence electrons. The van der Waals surface area contributed by atoms with Crippen LogP contribution in [0.2, 0.25) is 0 Å². The molecule has 0 saturated heterocycles. The molecule has 6 heteroatoms.